The third kappa shape index (κ3) is 4.79. The van der Waals surface area contributed by atoms with Gasteiger partial charge in [-0.15, -0.1) is 10.2 Å². The van der Waals surface area contributed by atoms with Gasteiger partial charge in [-0.2, -0.15) is 0 Å². The molecule has 0 fully saturated rings. The summed E-state index contributed by atoms with van der Waals surface area (Å²) in [5.74, 6) is 9.37. The van der Waals surface area contributed by atoms with Crippen LogP contribution in [0.4, 0.5) is 0 Å². The zero-order valence-electron chi connectivity index (χ0n) is 14.1. The number of aromatic nitrogens is 3. The number of methoxy groups -OCH3 is 1. The lowest BCUT2D eigenvalue weighted by molar-refractivity contribution is 0.318. The van der Waals surface area contributed by atoms with Crippen molar-refractivity contribution >= 4 is 11.8 Å². The minimum absolute atomic E-state index is 0.113. The molecule has 2 aromatic rings. The molecule has 1 aromatic heterocycles. The average molecular weight is 336 g/mol. The molecular weight excluding hydrogens is 312 g/mol. The van der Waals surface area contributed by atoms with E-state index in [2.05, 4.69) is 31.0 Å². The standard InChI is InChI=1S/C16H24N4O2S/c1-16(2,3)14-18-19-15(20(14)17)23-11-5-10-22-13-8-6-12(21-4)7-9-13/h6-9H,5,10-11,17H2,1-4H3. The van der Waals surface area contributed by atoms with Gasteiger partial charge in [-0.3, -0.25) is 0 Å². The van der Waals surface area contributed by atoms with Gasteiger partial charge in [0.2, 0.25) is 5.16 Å². The van der Waals surface area contributed by atoms with Crippen LogP contribution in [0.1, 0.15) is 33.0 Å². The Labute approximate surface area is 141 Å². The first-order chi connectivity index (χ1) is 10.9. The summed E-state index contributed by atoms with van der Waals surface area (Å²) in [6.45, 7) is 6.84. The van der Waals surface area contributed by atoms with Crippen molar-refractivity contribution < 1.29 is 9.47 Å². The second-order valence-corrected chi connectivity index (χ2v) is 7.21. The molecule has 0 amide bonds. The normalized spacial score (nSPS) is 11.5. The van der Waals surface area contributed by atoms with Crippen LogP contribution in [-0.4, -0.2) is 34.3 Å². The van der Waals surface area contributed by atoms with Crippen LogP contribution in [0.5, 0.6) is 11.5 Å². The first-order valence-corrected chi connectivity index (χ1v) is 8.51. The second-order valence-electron chi connectivity index (χ2n) is 6.15. The number of nitrogens with two attached hydrogens (primary N) is 1. The largest absolute Gasteiger partial charge is 0.497 e. The molecule has 2 rings (SSSR count). The zero-order chi connectivity index (χ0) is 16.9. The lowest BCUT2D eigenvalue weighted by Crippen LogP contribution is -2.24. The molecule has 0 saturated carbocycles. The predicted molar refractivity (Wildman–Crippen MR) is 92.7 cm³/mol. The summed E-state index contributed by atoms with van der Waals surface area (Å²) in [4.78, 5) is 0. The maximum Gasteiger partial charge on any atom is 0.209 e. The number of hydrogen-bond acceptors (Lipinski definition) is 6. The van der Waals surface area contributed by atoms with Crippen molar-refractivity contribution in [3.05, 3.63) is 30.1 Å². The quantitative estimate of drug-likeness (QED) is 0.476. The molecule has 0 spiro atoms. The lowest BCUT2D eigenvalue weighted by Gasteiger charge is -2.16. The Kier molecular flexibility index (Phi) is 5.76. The van der Waals surface area contributed by atoms with E-state index in [1.54, 1.807) is 23.5 Å². The monoisotopic (exact) mass is 336 g/mol. The van der Waals surface area contributed by atoms with Crippen LogP contribution in [0, 0.1) is 0 Å². The summed E-state index contributed by atoms with van der Waals surface area (Å²) in [6, 6.07) is 7.57. The molecule has 0 radical (unpaired) electrons. The van der Waals surface area contributed by atoms with Crippen LogP contribution in [0.25, 0.3) is 0 Å². The van der Waals surface area contributed by atoms with Crippen LogP contribution in [0.2, 0.25) is 0 Å². The van der Waals surface area contributed by atoms with Gasteiger partial charge in [0.25, 0.3) is 0 Å². The average Bonchev–Trinajstić information content (AvgIpc) is 2.89. The van der Waals surface area contributed by atoms with Crippen molar-refractivity contribution in [1.29, 1.82) is 0 Å². The van der Waals surface area contributed by atoms with Crippen LogP contribution in [0.15, 0.2) is 29.4 Å². The summed E-state index contributed by atoms with van der Waals surface area (Å²) in [5, 5.41) is 9.06. The molecule has 1 heterocycles. The Hall–Kier alpha value is -1.89. The fourth-order valence-corrected chi connectivity index (χ4v) is 2.74. The van der Waals surface area contributed by atoms with Crippen molar-refractivity contribution in [1.82, 2.24) is 14.9 Å². The molecule has 0 atom stereocenters. The SMILES string of the molecule is COc1ccc(OCCCSc2nnc(C(C)(C)C)n2N)cc1. The third-order valence-electron chi connectivity index (χ3n) is 3.18. The van der Waals surface area contributed by atoms with E-state index in [0.717, 1.165) is 34.7 Å². The van der Waals surface area contributed by atoms with E-state index in [4.69, 9.17) is 15.3 Å². The van der Waals surface area contributed by atoms with E-state index in [1.165, 1.54) is 0 Å². The Balaban J connectivity index is 1.74. The highest BCUT2D eigenvalue weighted by molar-refractivity contribution is 7.99. The van der Waals surface area contributed by atoms with Gasteiger partial charge in [0.1, 0.15) is 11.5 Å². The first kappa shape index (κ1) is 17.5. The number of benzene rings is 1. The number of rotatable bonds is 7. The van der Waals surface area contributed by atoms with Crippen molar-refractivity contribution in [2.75, 3.05) is 25.3 Å². The van der Waals surface area contributed by atoms with Crippen molar-refractivity contribution in [2.45, 2.75) is 37.8 Å². The summed E-state index contributed by atoms with van der Waals surface area (Å²) >= 11 is 1.59. The van der Waals surface area contributed by atoms with Crippen molar-refractivity contribution in [3.63, 3.8) is 0 Å². The van der Waals surface area contributed by atoms with Gasteiger partial charge >= 0.3 is 0 Å². The Bertz CT molecular complexity index is 620. The Morgan fingerprint density at radius 3 is 2.35 bits per heavy atom. The first-order valence-electron chi connectivity index (χ1n) is 7.52. The summed E-state index contributed by atoms with van der Waals surface area (Å²) in [5.41, 5.74) is -0.113. The van der Waals surface area contributed by atoms with E-state index in [9.17, 15) is 0 Å². The third-order valence-corrected chi connectivity index (χ3v) is 4.21. The molecule has 0 aliphatic heterocycles. The number of hydrogen-bond donors (Lipinski definition) is 1. The fourth-order valence-electron chi connectivity index (χ4n) is 1.97. The van der Waals surface area contributed by atoms with Crippen LogP contribution in [0.3, 0.4) is 0 Å². The summed E-state index contributed by atoms with van der Waals surface area (Å²) in [6.07, 6.45) is 0.897. The molecule has 7 heteroatoms. The van der Waals surface area contributed by atoms with Gasteiger partial charge < -0.3 is 15.3 Å². The highest BCUT2D eigenvalue weighted by Crippen LogP contribution is 2.23. The van der Waals surface area contributed by atoms with Gasteiger partial charge in [-0.25, -0.2) is 4.68 Å². The van der Waals surface area contributed by atoms with Crippen molar-refractivity contribution in [2.24, 2.45) is 0 Å². The molecule has 0 saturated heterocycles. The molecule has 6 nitrogen and oxygen atoms in total. The number of nitrogen functional groups attached to an aromatic ring is 1. The highest BCUT2D eigenvalue weighted by Gasteiger charge is 2.22. The number of nitrogens with zero attached hydrogens (tertiary/aromatic N) is 3. The molecule has 0 bridgehead atoms. The summed E-state index contributed by atoms with van der Waals surface area (Å²) in [7, 11) is 1.65. The smallest absolute Gasteiger partial charge is 0.209 e. The molecule has 2 N–H and O–H groups in total. The van der Waals surface area contributed by atoms with Crippen LogP contribution >= 0.6 is 11.8 Å². The number of ether oxygens (including phenoxy) is 2. The molecule has 23 heavy (non-hydrogen) atoms. The van der Waals surface area contributed by atoms with Gasteiger partial charge in [0, 0.05) is 11.2 Å². The highest BCUT2D eigenvalue weighted by atomic mass is 32.2. The lowest BCUT2D eigenvalue weighted by atomic mass is 9.96. The maximum atomic E-state index is 6.05. The van der Waals surface area contributed by atoms with Gasteiger partial charge in [0.15, 0.2) is 5.82 Å². The van der Waals surface area contributed by atoms with Crippen molar-refractivity contribution in [3.8, 4) is 11.5 Å². The zero-order valence-corrected chi connectivity index (χ0v) is 14.9. The van der Waals surface area contributed by atoms with Gasteiger partial charge in [-0.1, -0.05) is 32.5 Å². The molecule has 0 unspecified atom stereocenters. The Morgan fingerprint density at radius 1 is 1.13 bits per heavy atom. The minimum Gasteiger partial charge on any atom is -0.497 e. The topological polar surface area (TPSA) is 75.2 Å². The fraction of sp³-hybridized carbons (Fsp3) is 0.500. The van der Waals surface area contributed by atoms with E-state index >= 15 is 0 Å². The van der Waals surface area contributed by atoms with Crippen LogP contribution < -0.4 is 15.3 Å². The number of thioether (sulfide) groups is 1. The predicted octanol–water partition coefficient (Wildman–Crippen LogP) is 2.86. The molecule has 0 aliphatic rings. The minimum atomic E-state index is -0.113. The van der Waals surface area contributed by atoms with Crippen LogP contribution in [-0.2, 0) is 5.41 Å². The molecule has 0 aliphatic carbocycles. The molecular formula is C16H24N4O2S. The van der Waals surface area contributed by atoms with E-state index in [1.807, 2.05) is 24.3 Å². The van der Waals surface area contributed by atoms with E-state index < -0.39 is 0 Å². The van der Waals surface area contributed by atoms with Gasteiger partial charge in [0.05, 0.1) is 13.7 Å². The molecule has 126 valence electrons. The molecule has 1 aromatic carbocycles. The van der Waals surface area contributed by atoms with E-state index in [0.29, 0.717) is 6.61 Å². The maximum absolute atomic E-state index is 6.05. The summed E-state index contributed by atoms with van der Waals surface area (Å²) < 4.78 is 12.4. The Morgan fingerprint density at radius 2 is 1.78 bits per heavy atom. The second kappa shape index (κ2) is 7.59. The van der Waals surface area contributed by atoms with E-state index in [-0.39, 0.29) is 5.41 Å². The van der Waals surface area contributed by atoms with Gasteiger partial charge in [-0.05, 0) is 30.7 Å².